The predicted molar refractivity (Wildman–Crippen MR) is 232 cm³/mol. The van der Waals surface area contributed by atoms with Crippen LogP contribution in [0.25, 0.3) is 54.5 Å². The Labute approximate surface area is 323 Å². The summed E-state index contributed by atoms with van der Waals surface area (Å²) in [6.45, 7) is 10.3. The number of aromatic nitrogens is 5. The van der Waals surface area contributed by atoms with Gasteiger partial charge in [0.15, 0.2) is 0 Å². The average Bonchev–Trinajstić information content (AvgIpc) is 3.22. The molecule has 5 heterocycles. The second kappa shape index (κ2) is 18.8. The fourth-order valence-electron chi connectivity index (χ4n) is 6.06. The van der Waals surface area contributed by atoms with E-state index in [2.05, 4.69) is 131 Å². The molecular weight excluding hydrogens is 671 g/mol. The molecule has 10 rings (SSSR count). The lowest BCUT2D eigenvalue weighted by atomic mass is 10.1. The van der Waals surface area contributed by atoms with Crippen molar-refractivity contribution in [2.75, 3.05) is 0 Å². The third kappa shape index (κ3) is 10.6. The first kappa shape index (κ1) is 37.9. The smallest absolute Gasteiger partial charge is 0.0731 e. The molecule has 0 aliphatic heterocycles. The van der Waals surface area contributed by atoms with Crippen molar-refractivity contribution in [2.24, 2.45) is 0 Å². The maximum atomic E-state index is 4.38. The molecule has 0 bridgehead atoms. The predicted octanol–water partition coefficient (Wildman–Crippen LogP) is 12.7. The summed E-state index contributed by atoms with van der Waals surface area (Å²) in [4.78, 5) is 21.4. The van der Waals surface area contributed by atoms with Crippen LogP contribution >= 0.6 is 0 Å². The quantitative estimate of drug-likeness (QED) is 0.156. The molecule has 0 aliphatic rings. The molecule has 0 atom stereocenters. The van der Waals surface area contributed by atoms with E-state index in [1.54, 1.807) is 0 Å². The Kier molecular flexibility index (Phi) is 12.9. The lowest BCUT2D eigenvalue weighted by Crippen LogP contribution is -1.80. The third-order valence-corrected chi connectivity index (χ3v) is 8.92. The summed E-state index contributed by atoms with van der Waals surface area (Å²) in [6.07, 6.45) is 7.36. The molecule has 0 radical (unpaired) electrons. The summed E-state index contributed by atoms with van der Waals surface area (Å²) in [7, 11) is 0. The molecule has 5 nitrogen and oxygen atoms in total. The highest BCUT2D eigenvalue weighted by atomic mass is 14.7. The lowest BCUT2D eigenvalue weighted by molar-refractivity contribution is 1.26. The number of nitrogens with zero attached hydrogens (tertiary/aromatic N) is 5. The minimum absolute atomic E-state index is 1.07. The van der Waals surface area contributed by atoms with Gasteiger partial charge >= 0.3 is 0 Å². The molecule has 5 aromatic heterocycles. The Hall–Kier alpha value is -6.85. The molecule has 0 fully saturated rings. The second-order valence-corrected chi connectivity index (χ2v) is 13.3. The highest BCUT2D eigenvalue weighted by molar-refractivity contribution is 5.83. The number of benzene rings is 5. The molecule has 270 valence electrons. The topological polar surface area (TPSA) is 64.5 Å². The first-order valence-electron chi connectivity index (χ1n) is 18.4. The van der Waals surface area contributed by atoms with Crippen LogP contribution in [0.5, 0.6) is 0 Å². The fourth-order valence-corrected chi connectivity index (χ4v) is 6.06. The standard InChI is InChI=1S/5C10H9N/c1-8-4-2-6-10-9(8)5-3-7-11-10;1-8-4-2-5-9-6-3-7-11-10(8)9;1-8-4-5-10-9(7-8)3-2-6-11-10;1-8-6-9-4-2-3-5-10(9)11-7-8;1-8-6-7-9-4-2-3-5-10(9)11-8/h5*2-7H,1H3. The first-order valence-corrected chi connectivity index (χ1v) is 18.4. The molecule has 0 saturated heterocycles. The Morgan fingerprint density at radius 1 is 0.345 bits per heavy atom. The van der Waals surface area contributed by atoms with E-state index in [-0.39, 0.29) is 0 Å². The SMILES string of the molecule is Cc1ccc2ccccc2n1.Cc1ccc2ncccc2c1.Cc1cccc2cccnc12.Cc1cccc2ncccc12.Cc1cnc2ccccc2c1. The molecule has 0 amide bonds. The zero-order valence-electron chi connectivity index (χ0n) is 32.1. The Morgan fingerprint density at radius 3 is 1.69 bits per heavy atom. The summed E-state index contributed by atoms with van der Waals surface area (Å²) in [5.74, 6) is 0. The molecule has 5 aromatic carbocycles. The normalized spacial score (nSPS) is 10.3. The van der Waals surface area contributed by atoms with E-state index < -0.39 is 0 Å². The molecule has 5 heteroatoms. The van der Waals surface area contributed by atoms with Gasteiger partial charge in [-0.05, 0) is 112 Å². The minimum Gasteiger partial charge on any atom is -0.256 e. The monoisotopic (exact) mass is 715 g/mol. The maximum absolute atomic E-state index is 4.38. The number of pyridine rings is 5. The fraction of sp³-hybridized carbons (Fsp3) is 0.100. The average molecular weight is 716 g/mol. The van der Waals surface area contributed by atoms with Crippen molar-refractivity contribution in [3.8, 4) is 0 Å². The number of hydrogen-bond acceptors (Lipinski definition) is 5. The van der Waals surface area contributed by atoms with E-state index >= 15 is 0 Å². The van der Waals surface area contributed by atoms with E-state index in [1.165, 1.54) is 49.2 Å². The van der Waals surface area contributed by atoms with Crippen LogP contribution in [0, 0.1) is 34.6 Å². The van der Waals surface area contributed by atoms with Crippen LogP contribution in [0.3, 0.4) is 0 Å². The largest absolute Gasteiger partial charge is 0.256 e. The van der Waals surface area contributed by atoms with Crippen LogP contribution < -0.4 is 0 Å². The molecule has 0 N–H and O–H groups in total. The number of para-hydroxylation sites is 3. The highest BCUT2D eigenvalue weighted by Crippen LogP contribution is 2.16. The summed E-state index contributed by atoms with van der Waals surface area (Å²) < 4.78 is 0. The minimum atomic E-state index is 1.07. The summed E-state index contributed by atoms with van der Waals surface area (Å²) >= 11 is 0. The third-order valence-electron chi connectivity index (χ3n) is 8.92. The summed E-state index contributed by atoms with van der Waals surface area (Å²) in [6, 6.07) is 53.3. The van der Waals surface area contributed by atoms with Crippen LogP contribution in [0.15, 0.2) is 183 Å². The molecule has 10 aromatic rings. The van der Waals surface area contributed by atoms with Crippen molar-refractivity contribution in [1.82, 2.24) is 24.9 Å². The summed E-state index contributed by atoms with van der Waals surface area (Å²) in [5, 5.41) is 6.10. The van der Waals surface area contributed by atoms with E-state index in [0.717, 1.165) is 33.3 Å². The second-order valence-electron chi connectivity index (χ2n) is 13.3. The van der Waals surface area contributed by atoms with Crippen molar-refractivity contribution < 1.29 is 0 Å². The van der Waals surface area contributed by atoms with Gasteiger partial charge in [0.1, 0.15) is 0 Å². The van der Waals surface area contributed by atoms with E-state index in [9.17, 15) is 0 Å². The zero-order valence-corrected chi connectivity index (χ0v) is 32.1. The number of rotatable bonds is 0. The Balaban J connectivity index is 0.000000117. The van der Waals surface area contributed by atoms with Crippen LogP contribution in [-0.4, -0.2) is 24.9 Å². The van der Waals surface area contributed by atoms with E-state index in [0.29, 0.717) is 0 Å². The summed E-state index contributed by atoms with van der Waals surface area (Å²) in [5.41, 5.74) is 11.5. The molecule has 0 spiro atoms. The Morgan fingerprint density at radius 2 is 0.909 bits per heavy atom. The van der Waals surface area contributed by atoms with Crippen LogP contribution in [0.4, 0.5) is 0 Å². The van der Waals surface area contributed by atoms with Gasteiger partial charge in [-0.1, -0.05) is 103 Å². The van der Waals surface area contributed by atoms with Gasteiger partial charge in [0.2, 0.25) is 0 Å². The van der Waals surface area contributed by atoms with Gasteiger partial charge in [-0.25, -0.2) is 0 Å². The zero-order chi connectivity index (χ0) is 38.4. The number of aryl methyl sites for hydroxylation is 5. The van der Waals surface area contributed by atoms with Crippen molar-refractivity contribution >= 4 is 54.5 Å². The van der Waals surface area contributed by atoms with Gasteiger partial charge in [-0.3, -0.25) is 24.9 Å². The van der Waals surface area contributed by atoms with Crippen molar-refractivity contribution in [3.63, 3.8) is 0 Å². The van der Waals surface area contributed by atoms with Crippen molar-refractivity contribution in [3.05, 3.63) is 210 Å². The lowest BCUT2D eigenvalue weighted by Gasteiger charge is -1.97. The van der Waals surface area contributed by atoms with Gasteiger partial charge in [0, 0.05) is 57.4 Å². The van der Waals surface area contributed by atoms with Gasteiger partial charge in [0.25, 0.3) is 0 Å². The molecule has 55 heavy (non-hydrogen) atoms. The molecule has 0 saturated carbocycles. The number of hydrogen-bond donors (Lipinski definition) is 0. The molecule has 0 aliphatic carbocycles. The van der Waals surface area contributed by atoms with Gasteiger partial charge in [-0.2, -0.15) is 0 Å². The molecular formula is C50H45N5. The molecule has 0 unspecified atom stereocenters. The highest BCUT2D eigenvalue weighted by Gasteiger charge is 1.96. The van der Waals surface area contributed by atoms with Crippen molar-refractivity contribution in [2.45, 2.75) is 34.6 Å². The van der Waals surface area contributed by atoms with Crippen LogP contribution in [-0.2, 0) is 0 Å². The van der Waals surface area contributed by atoms with Gasteiger partial charge < -0.3 is 0 Å². The van der Waals surface area contributed by atoms with E-state index in [1.807, 2.05) is 111 Å². The van der Waals surface area contributed by atoms with Gasteiger partial charge in [-0.15, -0.1) is 0 Å². The van der Waals surface area contributed by atoms with E-state index in [4.69, 9.17) is 0 Å². The van der Waals surface area contributed by atoms with Crippen LogP contribution in [0.1, 0.15) is 27.9 Å². The first-order chi connectivity index (χ1) is 26.8. The Bertz CT molecular complexity index is 2510. The van der Waals surface area contributed by atoms with Gasteiger partial charge in [0.05, 0.1) is 27.6 Å². The van der Waals surface area contributed by atoms with Crippen molar-refractivity contribution in [1.29, 1.82) is 0 Å². The maximum Gasteiger partial charge on any atom is 0.0731 e. The number of fused-ring (bicyclic) bond motifs is 5. The van der Waals surface area contributed by atoms with Crippen LogP contribution in [0.2, 0.25) is 0 Å².